The predicted octanol–water partition coefficient (Wildman–Crippen LogP) is 1.99. The molecule has 0 saturated heterocycles. The van der Waals surface area contributed by atoms with E-state index >= 15 is 0 Å². The van der Waals surface area contributed by atoms with Crippen LogP contribution in [0.25, 0.3) is 10.9 Å². The quantitative estimate of drug-likeness (QED) is 0.792. The van der Waals surface area contributed by atoms with Crippen LogP contribution >= 0.6 is 0 Å². The van der Waals surface area contributed by atoms with Crippen LogP contribution < -0.4 is 5.32 Å². The molecule has 0 saturated carbocycles. The lowest BCUT2D eigenvalue weighted by Crippen LogP contribution is -2.31. The van der Waals surface area contributed by atoms with Crippen molar-refractivity contribution in [2.75, 3.05) is 0 Å². The number of pyridine rings is 1. The van der Waals surface area contributed by atoms with Crippen LogP contribution in [0.2, 0.25) is 0 Å². The lowest BCUT2D eigenvalue weighted by atomic mass is 10.1. The first-order valence-corrected chi connectivity index (χ1v) is 5.33. The van der Waals surface area contributed by atoms with Gasteiger partial charge in [0.1, 0.15) is 0 Å². The van der Waals surface area contributed by atoms with Crippen molar-refractivity contribution in [1.82, 2.24) is 10.3 Å². The number of nitrogens with zero attached hydrogens (tertiary/aromatic N) is 1. The minimum Gasteiger partial charge on any atom is -0.339 e. The van der Waals surface area contributed by atoms with Gasteiger partial charge in [0.2, 0.25) is 0 Å². The molecular weight excluding hydrogens is 212 g/mol. The van der Waals surface area contributed by atoms with Crippen molar-refractivity contribution >= 4 is 16.8 Å². The van der Waals surface area contributed by atoms with Crippen LogP contribution in [0, 0.1) is 12.3 Å². The van der Waals surface area contributed by atoms with Crippen molar-refractivity contribution < 1.29 is 4.79 Å². The molecule has 3 nitrogen and oxygen atoms in total. The highest BCUT2D eigenvalue weighted by Gasteiger charge is 2.11. The summed E-state index contributed by atoms with van der Waals surface area (Å²) in [6.45, 7) is 1.77. The van der Waals surface area contributed by atoms with Gasteiger partial charge in [-0.1, -0.05) is 24.1 Å². The first-order chi connectivity index (χ1) is 8.22. The number of benzene rings is 1. The van der Waals surface area contributed by atoms with Crippen LogP contribution in [-0.2, 0) is 0 Å². The number of hydrogen-bond donors (Lipinski definition) is 1. The second kappa shape index (κ2) is 4.67. The van der Waals surface area contributed by atoms with Crippen molar-refractivity contribution in [1.29, 1.82) is 0 Å². The molecule has 1 aromatic heterocycles. The van der Waals surface area contributed by atoms with Gasteiger partial charge >= 0.3 is 0 Å². The van der Waals surface area contributed by atoms with Crippen molar-refractivity contribution in [3.05, 3.63) is 42.1 Å². The molecular formula is C14H12N2O. The zero-order valence-electron chi connectivity index (χ0n) is 9.47. The third kappa shape index (κ3) is 2.26. The Morgan fingerprint density at radius 3 is 2.94 bits per heavy atom. The van der Waals surface area contributed by atoms with Crippen molar-refractivity contribution in [3.8, 4) is 12.3 Å². The number of hydrogen-bond acceptors (Lipinski definition) is 2. The molecule has 0 bridgehead atoms. The second-order valence-corrected chi connectivity index (χ2v) is 3.74. The number of nitrogens with one attached hydrogen (secondary N) is 1. The van der Waals surface area contributed by atoms with E-state index < -0.39 is 0 Å². The smallest absolute Gasteiger partial charge is 0.252 e. The molecule has 0 spiro atoms. The van der Waals surface area contributed by atoms with Crippen LogP contribution in [0.15, 0.2) is 36.5 Å². The fourth-order valence-electron chi connectivity index (χ4n) is 1.61. The summed E-state index contributed by atoms with van der Waals surface area (Å²) < 4.78 is 0. The molecule has 1 atom stereocenters. The van der Waals surface area contributed by atoms with Gasteiger partial charge in [0.15, 0.2) is 0 Å². The van der Waals surface area contributed by atoms with E-state index in [2.05, 4.69) is 16.2 Å². The van der Waals surface area contributed by atoms with Gasteiger partial charge in [0.25, 0.3) is 5.91 Å². The summed E-state index contributed by atoms with van der Waals surface area (Å²) in [7, 11) is 0. The molecule has 0 aliphatic rings. The van der Waals surface area contributed by atoms with Gasteiger partial charge < -0.3 is 5.32 Å². The molecule has 3 heteroatoms. The molecule has 1 N–H and O–H groups in total. The van der Waals surface area contributed by atoms with E-state index in [-0.39, 0.29) is 11.9 Å². The Bertz CT molecular complexity index is 593. The molecule has 1 amide bonds. The SMILES string of the molecule is C#CC(C)NC(=O)c1ccnc2ccccc12. The molecule has 1 unspecified atom stereocenters. The van der Waals surface area contributed by atoms with Gasteiger partial charge in [0.05, 0.1) is 17.1 Å². The van der Waals surface area contributed by atoms with E-state index in [1.165, 1.54) is 0 Å². The topological polar surface area (TPSA) is 42.0 Å². The highest BCUT2D eigenvalue weighted by atomic mass is 16.1. The first-order valence-electron chi connectivity index (χ1n) is 5.33. The second-order valence-electron chi connectivity index (χ2n) is 3.74. The monoisotopic (exact) mass is 224 g/mol. The van der Waals surface area contributed by atoms with Gasteiger partial charge in [-0.15, -0.1) is 6.42 Å². The van der Waals surface area contributed by atoms with Crippen LogP contribution in [0.5, 0.6) is 0 Å². The summed E-state index contributed by atoms with van der Waals surface area (Å²) >= 11 is 0. The average Bonchev–Trinajstić information content (AvgIpc) is 2.37. The first kappa shape index (κ1) is 11.2. The number of fused-ring (bicyclic) bond motifs is 1. The molecule has 84 valence electrons. The van der Waals surface area contributed by atoms with Crippen LogP contribution in [0.4, 0.5) is 0 Å². The number of carbonyl (C=O) groups excluding carboxylic acids is 1. The molecule has 2 aromatic rings. The Kier molecular flexibility index (Phi) is 3.06. The summed E-state index contributed by atoms with van der Waals surface area (Å²) in [6, 6.07) is 8.93. The highest BCUT2D eigenvalue weighted by molar-refractivity contribution is 6.06. The maximum absolute atomic E-state index is 12.0. The summed E-state index contributed by atoms with van der Waals surface area (Å²) in [5.41, 5.74) is 1.39. The lowest BCUT2D eigenvalue weighted by Gasteiger charge is -2.09. The minimum atomic E-state index is -0.283. The third-order valence-corrected chi connectivity index (χ3v) is 2.49. The van der Waals surface area contributed by atoms with Gasteiger partial charge in [-0.25, -0.2) is 0 Å². The van der Waals surface area contributed by atoms with E-state index in [0.29, 0.717) is 5.56 Å². The zero-order chi connectivity index (χ0) is 12.3. The predicted molar refractivity (Wildman–Crippen MR) is 67.5 cm³/mol. The maximum Gasteiger partial charge on any atom is 0.252 e. The van der Waals surface area contributed by atoms with E-state index in [0.717, 1.165) is 10.9 Å². The van der Waals surface area contributed by atoms with Crippen LogP contribution in [0.1, 0.15) is 17.3 Å². The number of para-hydroxylation sites is 1. The van der Waals surface area contributed by atoms with Crippen molar-refractivity contribution in [2.45, 2.75) is 13.0 Å². The third-order valence-electron chi connectivity index (χ3n) is 2.49. The van der Waals surface area contributed by atoms with Crippen LogP contribution in [-0.4, -0.2) is 16.9 Å². The molecule has 17 heavy (non-hydrogen) atoms. The number of terminal acetylenes is 1. The number of amides is 1. The highest BCUT2D eigenvalue weighted by Crippen LogP contribution is 2.15. The zero-order valence-corrected chi connectivity index (χ0v) is 9.47. The average molecular weight is 224 g/mol. The standard InChI is InChI=1S/C14H12N2O/c1-3-10(2)16-14(17)12-8-9-15-13-7-5-4-6-11(12)13/h1,4-10H,2H3,(H,16,17). The van der Waals surface area contributed by atoms with Gasteiger partial charge in [-0.3, -0.25) is 9.78 Å². The molecule has 1 aromatic carbocycles. The van der Waals surface area contributed by atoms with Crippen LogP contribution in [0.3, 0.4) is 0 Å². The van der Waals surface area contributed by atoms with E-state index in [4.69, 9.17) is 6.42 Å². The lowest BCUT2D eigenvalue weighted by molar-refractivity contribution is 0.0950. The fourth-order valence-corrected chi connectivity index (χ4v) is 1.61. The van der Waals surface area contributed by atoms with Crippen molar-refractivity contribution in [3.63, 3.8) is 0 Å². The molecule has 0 aliphatic carbocycles. The number of aromatic nitrogens is 1. The molecule has 0 radical (unpaired) electrons. The Labute approximate surface area is 99.9 Å². The van der Waals surface area contributed by atoms with Gasteiger partial charge in [-0.05, 0) is 19.1 Å². The number of carbonyl (C=O) groups is 1. The van der Waals surface area contributed by atoms with Crippen molar-refractivity contribution in [2.24, 2.45) is 0 Å². The van der Waals surface area contributed by atoms with E-state index in [9.17, 15) is 4.79 Å². The Balaban J connectivity index is 2.42. The molecule has 0 fully saturated rings. The maximum atomic E-state index is 12.0. The van der Waals surface area contributed by atoms with Gasteiger partial charge in [0, 0.05) is 11.6 Å². The Morgan fingerprint density at radius 1 is 1.41 bits per heavy atom. The Morgan fingerprint density at radius 2 is 2.18 bits per heavy atom. The number of rotatable bonds is 2. The minimum absolute atomic E-state index is 0.172. The normalized spacial score (nSPS) is 11.8. The summed E-state index contributed by atoms with van der Waals surface area (Å²) in [5, 5.41) is 3.57. The summed E-state index contributed by atoms with van der Waals surface area (Å²) in [4.78, 5) is 16.2. The summed E-state index contributed by atoms with van der Waals surface area (Å²) in [6.07, 6.45) is 6.86. The van der Waals surface area contributed by atoms with E-state index in [1.807, 2.05) is 24.3 Å². The molecule has 2 rings (SSSR count). The summed E-state index contributed by atoms with van der Waals surface area (Å²) in [5.74, 6) is 2.29. The largest absolute Gasteiger partial charge is 0.339 e. The Hall–Kier alpha value is -2.34. The van der Waals surface area contributed by atoms with E-state index in [1.54, 1.807) is 19.2 Å². The fraction of sp³-hybridized carbons (Fsp3) is 0.143. The molecule has 1 heterocycles. The van der Waals surface area contributed by atoms with Gasteiger partial charge in [-0.2, -0.15) is 0 Å². The molecule has 0 aliphatic heterocycles.